The minimum absolute atomic E-state index is 0.182. The van der Waals surface area contributed by atoms with Crippen LogP contribution in [0.5, 0.6) is 0 Å². The van der Waals surface area contributed by atoms with E-state index in [2.05, 4.69) is 6.92 Å². The summed E-state index contributed by atoms with van der Waals surface area (Å²) in [4.78, 5) is 14.4. The summed E-state index contributed by atoms with van der Waals surface area (Å²) in [5.74, 6) is 0.702. The smallest absolute Gasteiger partial charge is 0.223 e. The van der Waals surface area contributed by atoms with Gasteiger partial charge in [-0.2, -0.15) is 0 Å². The van der Waals surface area contributed by atoms with Gasteiger partial charge in [-0.25, -0.2) is 0 Å². The number of rotatable bonds is 8. The number of amides is 1. The van der Waals surface area contributed by atoms with Gasteiger partial charge in [0.15, 0.2) is 0 Å². The maximum atomic E-state index is 12.4. The SMILES string of the molecule is CC(CCN)CCC(=O)N(Cc1cccc(Cl)c1)C(C)C. The van der Waals surface area contributed by atoms with Gasteiger partial charge in [0.05, 0.1) is 0 Å². The van der Waals surface area contributed by atoms with Crippen molar-refractivity contribution in [1.82, 2.24) is 4.90 Å². The fourth-order valence-corrected chi connectivity index (χ4v) is 2.55. The summed E-state index contributed by atoms with van der Waals surface area (Å²) in [7, 11) is 0. The zero-order chi connectivity index (χ0) is 15.8. The highest BCUT2D eigenvalue weighted by molar-refractivity contribution is 6.30. The van der Waals surface area contributed by atoms with Crippen molar-refractivity contribution in [2.75, 3.05) is 6.54 Å². The van der Waals surface area contributed by atoms with E-state index in [0.717, 1.165) is 18.4 Å². The molecular formula is C17H27ClN2O. The second-order valence-corrected chi connectivity index (χ2v) is 6.40. The van der Waals surface area contributed by atoms with E-state index in [0.29, 0.717) is 30.5 Å². The van der Waals surface area contributed by atoms with Gasteiger partial charge >= 0.3 is 0 Å². The molecule has 118 valence electrons. The number of halogens is 1. The maximum absolute atomic E-state index is 12.4. The summed E-state index contributed by atoms with van der Waals surface area (Å²) >= 11 is 6.01. The van der Waals surface area contributed by atoms with Gasteiger partial charge in [0.1, 0.15) is 0 Å². The van der Waals surface area contributed by atoms with E-state index in [1.54, 1.807) is 0 Å². The van der Waals surface area contributed by atoms with Crippen LogP contribution in [0.25, 0.3) is 0 Å². The summed E-state index contributed by atoms with van der Waals surface area (Å²) in [5.41, 5.74) is 6.62. The molecule has 0 bridgehead atoms. The molecule has 21 heavy (non-hydrogen) atoms. The summed E-state index contributed by atoms with van der Waals surface area (Å²) in [6, 6.07) is 7.87. The van der Waals surface area contributed by atoms with Gasteiger partial charge in [0, 0.05) is 24.0 Å². The number of benzene rings is 1. The number of hydrogen-bond acceptors (Lipinski definition) is 2. The molecule has 1 aromatic rings. The van der Waals surface area contributed by atoms with Gasteiger partial charge in [0.2, 0.25) is 5.91 Å². The molecule has 0 saturated heterocycles. The minimum Gasteiger partial charge on any atom is -0.336 e. The predicted molar refractivity (Wildman–Crippen MR) is 89.2 cm³/mol. The number of carbonyl (C=O) groups is 1. The normalized spacial score (nSPS) is 12.5. The van der Waals surface area contributed by atoms with Gasteiger partial charge in [-0.05, 0) is 56.8 Å². The molecule has 0 fully saturated rings. The van der Waals surface area contributed by atoms with Crippen LogP contribution in [0, 0.1) is 5.92 Å². The predicted octanol–water partition coefficient (Wildman–Crippen LogP) is 3.84. The summed E-state index contributed by atoms with van der Waals surface area (Å²) in [5, 5.41) is 0.709. The third kappa shape index (κ3) is 6.49. The topological polar surface area (TPSA) is 46.3 Å². The zero-order valence-electron chi connectivity index (χ0n) is 13.3. The maximum Gasteiger partial charge on any atom is 0.223 e. The Morgan fingerprint density at radius 3 is 2.57 bits per heavy atom. The number of nitrogens with zero attached hydrogens (tertiary/aromatic N) is 1. The van der Waals surface area contributed by atoms with Crippen LogP contribution in [-0.2, 0) is 11.3 Å². The molecule has 1 rings (SSSR count). The lowest BCUT2D eigenvalue weighted by atomic mass is 10.0. The summed E-state index contributed by atoms with van der Waals surface area (Å²) in [6.07, 6.45) is 2.46. The van der Waals surface area contributed by atoms with E-state index < -0.39 is 0 Å². The molecule has 0 aliphatic carbocycles. The first kappa shape index (κ1) is 18.0. The molecule has 4 heteroatoms. The van der Waals surface area contributed by atoms with Crippen LogP contribution in [0.1, 0.15) is 45.6 Å². The largest absolute Gasteiger partial charge is 0.336 e. The molecule has 0 aliphatic rings. The molecule has 0 saturated carbocycles. The highest BCUT2D eigenvalue weighted by atomic mass is 35.5. The van der Waals surface area contributed by atoms with Crippen molar-refractivity contribution in [3.8, 4) is 0 Å². The van der Waals surface area contributed by atoms with Crippen LogP contribution in [0.15, 0.2) is 24.3 Å². The first-order chi connectivity index (χ1) is 9.93. The lowest BCUT2D eigenvalue weighted by molar-refractivity contribution is -0.133. The van der Waals surface area contributed by atoms with Crippen LogP contribution < -0.4 is 5.73 Å². The highest BCUT2D eigenvalue weighted by Crippen LogP contribution is 2.17. The van der Waals surface area contributed by atoms with Gasteiger partial charge in [-0.3, -0.25) is 4.79 Å². The number of hydrogen-bond donors (Lipinski definition) is 1. The molecule has 1 atom stereocenters. The Morgan fingerprint density at radius 1 is 1.29 bits per heavy atom. The second-order valence-electron chi connectivity index (χ2n) is 5.97. The molecule has 0 spiro atoms. The number of nitrogens with two attached hydrogens (primary N) is 1. The average Bonchev–Trinajstić information content (AvgIpc) is 2.42. The van der Waals surface area contributed by atoms with Crippen molar-refractivity contribution >= 4 is 17.5 Å². The third-order valence-electron chi connectivity index (χ3n) is 3.70. The summed E-state index contributed by atoms with van der Waals surface area (Å²) < 4.78 is 0. The van der Waals surface area contributed by atoms with E-state index in [4.69, 9.17) is 17.3 Å². The molecule has 0 heterocycles. The van der Waals surface area contributed by atoms with Gasteiger partial charge in [-0.1, -0.05) is 30.7 Å². The molecule has 2 N–H and O–H groups in total. The fourth-order valence-electron chi connectivity index (χ4n) is 2.33. The monoisotopic (exact) mass is 310 g/mol. The first-order valence-corrected chi connectivity index (χ1v) is 8.05. The zero-order valence-corrected chi connectivity index (χ0v) is 14.1. The van der Waals surface area contributed by atoms with Crippen LogP contribution in [-0.4, -0.2) is 23.4 Å². The molecule has 1 amide bonds. The standard InChI is InChI=1S/C17H27ClN2O/c1-13(2)20(12-15-5-4-6-16(18)11-15)17(21)8-7-14(3)9-10-19/h4-6,11,13-14H,7-10,12,19H2,1-3H3. The first-order valence-electron chi connectivity index (χ1n) is 7.68. The molecule has 3 nitrogen and oxygen atoms in total. The van der Waals surface area contributed by atoms with Crippen molar-refractivity contribution < 1.29 is 4.79 Å². The lowest BCUT2D eigenvalue weighted by Crippen LogP contribution is -2.36. The fraction of sp³-hybridized carbons (Fsp3) is 0.588. The van der Waals surface area contributed by atoms with Crippen molar-refractivity contribution in [1.29, 1.82) is 0 Å². The Bertz CT molecular complexity index is 448. The summed E-state index contributed by atoms with van der Waals surface area (Å²) in [6.45, 7) is 7.54. The van der Waals surface area contributed by atoms with E-state index in [-0.39, 0.29) is 11.9 Å². The Balaban J connectivity index is 2.62. The van der Waals surface area contributed by atoms with Crippen LogP contribution in [0.4, 0.5) is 0 Å². The minimum atomic E-state index is 0.182. The van der Waals surface area contributed by atoms with E-state index in [9.17, 15) is 4.79 Å². The van der Waals surface area contributed by atoms with Gasteiger partial charge < -0.3 is 10.6 Å². The molecule has 1 aromatic carbocycles. The number of carbonyl (C=O) groups excluding carboxylic acids is 1. The van der Waals surface area contributed by atoms with Crippen molar-refractivity contribution in [2.24, 2.45) is 11.7 Å². The van der Waals surface area contributed by atoms with Crippen LogP contribution in [0.2, 0.25) is 5.02 Å². The molecule has 0 aromatic heterocycles. The third-order valence-corrected chi connectivity index (χ3v) is 3.93. The van der Waals surface area contributed by atoms with Crippen molar-refractivity contribution in [3.63, 3.8) is 0 Å². The highest BCUT2D eigenvalue weighted by Gasteiger charge is 2.18. The second kappa shape index (κ2) is 9.06. The Hall–Kier alpha value is -1.06. The van der Waals surface area contributed by atoms with Crippen LogP contribution >= 0.6 is 11.6 Å². The van der Waals surface area contributed by atoms with Gasteiger partial charge in [-0.15, -0.1) is 0 Å². The average molecular weight is 311 g/mol. The van der Waals surface area contributed by atoms with Gasteiger partial charge in [0.25, 0.3) is 0 Å². The van der Waals surface area contributed by atoms with E-state index in [1.807, 2.05) is 43.0 Å². The molecule has 0 aliphatic heterocycles. The molecule has 0 radical (unpaired) electrons. The van der Waals surface area contributed by atoms with Crippen LogP contribution in [0.3, 0.4) is 0 Å². The van der Waals surface area contributed by atoms with Crippen molar-refractivity contribution in [3.05, 3.63) is 34.9 Å². The lowest BCUT2D eigenvalue weighted by Gasteiger charge is -2.27. The van der Waals surface area contributed by atoms with E-state index >= 15 is 0 Å². The quantitative estimate of drug-likeness (QED) is 0.793. The Morgan fingerprint density at radius 2 is 2.00 bits per heavy atom. The molecular weight excluding hydrogens is 284 g/mol. The Kier molecular flexibility index (Phi) is 7.76. The molecule has 1 unspecified atom stereocenters. The Labute approximate surface area is 133 Å². The van der Waals surface area contributed by atoms with E-state index in [1.165, 1.54) is 0 Å². The van der Waals surface area contributed by atoms with Crippen molar-refractivity contribution in [2.45, 2.75) is 52.6 Å².